The van der Waals surface area contributed by atoms with Gasteiger partial charge in [0.1, 0.15) is 5.82 Å². The number of benzene rings is 1. The summed E-state index contributed by atoms with van der Waals surface area (Å²) in [5.41, 5.74) is 0.478. The molecule has 0 aromatic heterocycles. The summed E-state index contributed by atoms with van der Waals surface area (Å²) in [7, 11) is 0. The van der Waals surface area contributed by atoms with Gasteiger partial charge in [0.25, 0.3) is 0 Å². The summed E-state index contributed by atoms with van der Waals surface area (Å²) in [6.45, 7) is 4.31. The number of nitrogens with zero attached hydrogens (tertiary/aromatic N) is 1. The van der Waals surface area contributed by atoms with Crippen LogP contribution in [0.15, 0.2) is 22.7 Å². The highest BCUT2D eigenvalue weighted by atomic mass is 79.9. The van der Waals surface area contributed by atoms with Gasteiger partial charge in [-0.2, -0.15) is 0 Å². The smallest absolute Gasteiger partial charge is 0.137 e. The molecule has 1 unspecified atom stereocenters. The third-order valence-corrected chi connectivity index (χ3v) is 3.75. The highest BCUT2D eigenvalue weighted by Gasteiger charge is 2.28. The van der Waals surface area contributed by atoms with Crippen molar-refractivity contribution in [1.29, 1.82) is 0 Å². The molecule has 0 spiro atoms. The molecule has 2 nitrogen and oxygen atoms in total. The van der Waals surface area contributed by atoms with Crippen LogP contribution in [0.3, 0.4) is 0 Å². The summed E-state index contributed by atoms with van der Waals surface area (Å²) in [5.74, 6) is -0.237. The fourth-order valence-corrected chi connectivity index (χ4v) is 2.78. The first-order valence-corrected chi connectivity index (χ1v) is 6.64. The zero-order valence-corrected chi connectivity index (χ0v) is 11.5. The maximum absolute atomic E-state index is 13.1. The number of hydrogen-bond donors (Lipinski definition) is 1. The van der Waals surface area contributed by atoms with Gasteiger partial charge in [-0.15, -0.1) is 0 Å². The standard InChI is InChI=1S/C13H17BrFNO/c1-13(17)5-2-6-16(9-13)8-10-3-4-12(15)11(14)7-10/h3-4,7,17H,2,5-6,8-9H2,1H3. The van der Waals surface area contributed by atoms with Crippen molar-refractivity contribution in [3.8, 4) is 0 Å². The van der Waals surface area contributed by atoms with Crippen molar-refractivity contribution in [3.63, 3.8) is 0 Å². The lowest BCUT2D eigenvalue weighted by Gasteiger charge is -2.36. The second kappa shape index (κ2) is 5.04. The zero-order chi connectivity index (χ0) is 12.5. The van der Waals surface area contributed by atoms with Crippen molar-refractivity contribution in [2.45, 2.75) is 31.9 Å². The molecule has 0 bridgehead atoms. The fraction of sp³-hybridized carbons (Fsp3) is 0.538. The van der Waals surface area contributed by atoms with Crippen molar-refractivity contribution >= 4 is 15.9 Å². The van der Waals surface area contributed by atoms with E-state index in [0.29, 0.717) is 11.0 Å². The average molecular weight is 302 g/mol. The van der Waals surface area contributed by atoms with Crippen molar-refractivity contribution in [3.05, 3.63) is 34.1 Å². The largest absolute Gasteiger partial charge is 0.389 e. The molecule has 94 valence electrons. The molecule has 0 aliphatic carbocycles. The van der Waals surface area contributed by atoms with E-state index in [2.05, 4.69) is 20.8 Å². The topological polar surface area (TPSA) is 23.5 Å². The molecule has 0 amide bonds. The van der Waals surface area contributed by atoms with Gasteiger partial charge in [-0.3, -0.25) is 4.90 Å². The van der Waals surface area contributed by atoms with Crippen molar-refractivity contribution in [2.24, 2.45) is 0 Å². The molecule has 2 rings (SSSR count). The number of likely N-dealkylation sites (tertiary alicyclic amines) is 1. The molecule has 1 aliphatic heterocycles. The molecule has 0 saturated carbocycles. The number of rotatable bonds is 2. The lowest BCUT2D eigenvalue weighted by molar-refractivity contribution is -0.0181. The summed E-state index contributed by atoms with van der Waals surface area (Å²) in [6, 6.07) is 5.07. The van der Waals surface area contributed by atoms with Crippen LogP contribution in [-0.2, 0) is 6.54 Å². The first kappa shape index (κ1) is 13.0. The predicted molar refractivity (Wildman–Crippen MR) is 69.2 cm³/mol. The third kappa shape index (κ3) is 3.50. The van der Waals surface area contributed by atoms with Gasteiger partial charge >= 0.3 is 0 Å². The average Bonchev–Trinajstić information content (AvgIpc) is 2.22. The number of hydrogen-bond acceptors (Lipinski definition) is 2. The Hall–Kier alpha value is -0.450. The lowest BCUT2D eigenvalue weighted by atomic mass is 9.95. The maximum Gasteiger partial charge on any atom is 0.137 e. The molecular weight excluding hydrogens is 285 g/mol. The van der Waals surface area contributed by atoms with Crippen LogP contribution in [0.2, 0.25) is 0 Å². The van der Waals surface area contributed by atoms with Crippen LogP contribution in [0.1, 0.15) is 25.3 Å². The maximum atomic E-state index is 13.1. The van der Waals surface area contributed by atoms with Crippen LogP contribution in [0.25, 0.3) is 0 Å². The minimum atomic E-state index is -0.588. The molecule has 17 heavy (non-hydrogen) atoms. The Morgan fingerprint density at radius 1 is 1.53 bits per heavy atom. The van der Waals surface area contributed by atoms with E-state index < -0.39 is 5.60 Å². The Bertz CT molecular complexity index is 408. The highest BCUT2D eigenvalue weighted by molar-refractivity contribution is 9.10. The van der Waals surface area contributed by atoms with E-state index in [9.17, 15) is 9.50 Å². The van der Waals surface area contributed by atoms with Crippen LogP contribution < -0.4 is 0 Å². The molecule has 4 heteroatoms. The minimum absolute atomic E-state index is 0.237. The number of β-amino-alcohol motifs (C(OH)–C–C–N with tert-alkyl or cyclic N) is 1. The van der Waals surface area contributed by atoms with E-state index >= 15 is 0 Å². The van der Waals surface area contributed by atoms with Crippen LogP contribution in [0.4, 0.5) is 4.39 Å². The van der Waals surface area contributed by atoms with E-state index in [-0.39, 0.29) is 5.82 Å². The van der Waals surface area contributed by atoms with E-state index in [1.807, 2.05) is 6.92 Å². The van der Waals surface area contributed by atoms with E-state index in [1.165, 1.54) is 6.07 Å². The van der Waals surface area contributed by atoms with Crippen LogP contribution in [0.5, 0.6) is 0 Å². The molecule has 0 radical (unpaired) electrons. The SMILES string of the molecule is CC1(O)CCCN(Cc2ccc(F)c(Br)c2)C1. The van der Waals surface area contributed by atoms with Gasteiger partial charge in [0.15, 0.2) is 0 Å². The summed E-state index contributed by atoms with van der Waals surface area (Å²) >= 11 is 3.19. The Kier molecular flexibility index (Phi) is 3.85. The van der Waals surface area contributed by atoms with Crippen molar-refractivity contribution in [1.82, 2.24) is 4.90 Å². The van der Waals surface area contributed by atoms with Crippen LogP contribution >= 0.6 is 15.9 Å². The summed E-state index contributed by atoms with van der Waals surface area (Å²) in [5, 5.41) is 10.0. The quantitative estimate of drug-likeness (QED) is 0.908. The Labute approximate surface area is 110 Å². The third-order valence-electron chi connectivity index (χ3n) is 3.14. The van der Waals surface area contributed by atoms with E-state index in [4.69, 9.17) is 0 Å². The lowest BCUT2D eigenvalue weighted by Crippen LogP contribution is -2.45. The molecule has 1 aromatic carbocycles. The summed E-state index contributed by atoms with van der Waals surface area (Å²) in [4.78, 5) is 2.21. The zero-order valence-electron chi connectivity index (χ0n) is 9.92. The van der Waals surface area contributed by atoms with Crippen LogP contribution in [0, 0.1) is 5.82 Å². The number of piperidine rings is 1. The molecule has 1 atom stereocenters. The highest BCUT2D eigenvalue weighted by Crippen LogP contribution is 2.23. The van der Waals surface area contributed by atoms with Gasteiger partial charge in [-0.25, -0.2) is 4.39 Å². The Morgan fingerprint density at radius 2 is 2.29 bits per heavy atom. The Balaban J connectivity index is 2.03. The molecule has 1 aliphatic rings. The van der Waals surface area contributed by atoms with Gasteiger partial charge in [0.05, 0.1) is 10.1 Å². The van der Waals surface area contributed by atoms with Gasteiger partial charge < -0.3 is 5.11 Å². The van der Waals surface area contributed by atoms with Gasteiger partial charge in [-0.05, 0) is 59.9 Å². The van der Waals surface area contributed by atoms with Crippen molar-refractivity contribution < 1.29 is 9.50 Å². The normalized spacial score (nSPS) is 26.1. The molecule has 1 N–H and O–H groups in total. The summed E-state index contributed by atoms with van der Waals surface area (Å²) in [6.07, 6.45) is 1.87. The minimum Gasteiger partial charge on any atom is -0.389 e. The molecule has 1 saturated heterocycles. The first-order valence-electron chi connectivity index (χ1n) is 5.85. The number of halogens is 2. The second-order valence-corrected chi connectivity index (χ2v) is 5.91. The van der Waals surface area contributed by atoms with Crippen LogP contribution in [-0.4, -0.2) is 28.7 Å². The first-order chi connectivity index (χ1) is 7.96. The van der Waals surface area contributed by atoms with Gasteiger partial charge in [0, 0.05) is 13.1 Å². The molecule has 1 aromatic rings. The molecule has 1 fully saturated rings. The predicted octanol–water partition coefficient (Wildman–Crippen LogP) is 2.94. The fourth-order valence-electron chi connectivity index (χ4n) is 2.35. The van der Waals surface area contributed by atoms with Gasteiger partial charge in [0.2, 0.25) is 0 Å². The summed E-state index contributed by atoms with van der Waals surface area (Å²) < 4.78 is 13.6. The second-order valence-electron chi connectivity index (χ2n) is 5.06. The van der Waals surface area contributed by atoms with Crippen molar-refractivity contribution in [2.75, 3.05) is 13.1 Å². The van der Waals surface area contributed by atoms with Gasteiger partial charge in [-0.1, -0.05) is 6.07 Å². The molecule has 1 heterocycles. The van der Waals surface area contributed by atoms with E-state index in [0.717, 1.165) is 31.5 Å². The number of aliphatic hydroxyl groups is 1. The van der Waals surface area contributed by atoms with E-state index in [1.54, 1.807) is 12.1 Å². The monoisotopic (exact) mass is 301 g/mol. The Morgan fingerprint density at radius 3 is 2.94 bits per heavy atom. The molecular formula is C13H17BrFNO.